The van der Waals surface area contributed by atoms with Crippen LogP contribution in [0.3, 0.4) is 0 Å². The maximum Gasteiger partial charge on any atom is 0.296 e. The van der Waals surface area contributed by atoms with Gasteiger partial charge in [-0.3, -0.25) is 24.6 Å². The second-order valence-corrected chi connectivity index (χ2v) is 8.56. The van der Waals surface area contributed by atoms with E-state index in [1.165, 1.54) is 58.9 Å². The first-order valence-electron chi connectivity index (χ1n) is 10.5. The minimum atomic E-state index is -1.08. The van der Waals surface area contributed by atoms with Gasteiger partial charge in [0.2, 0.25) is 5.78 Å². The highest BCUT2D eigenvalue weighted by molar-refractivity contribution is 7.22. The van der Waals surface area contributed by atoms with E-state index in [2.05, 4.69) is 4.98 Å². The van der Waals surface area contributed by atoms with Gasteiger partial charge in [0, 0.05) is 12.1 Å². The van der Waals surface area contributed by atoms with Gasteiger partial charge >= 0.3 is 0 Å². The number of ether oxygens (including phenoxy) is 1. The van der Waals surface area contributed by atoms with E-state index in [0.717, 1.165) is 4.70 Å². The number of benzene rings is 2. The maximum atomic E-state index is 13.3. The lowest BCUT2D eigenvalue weighted by Crippen LogP contribution is -2.30. The maximum absolute atomic E-state index is 13.3. The Balaban J connectivity index is 1.64. The van der Waals surface area contributed by atoms with Crippen LogP contribution in [-0.4, -0.2) is 33.3 Å². The van der Waals surface area contributed by atoms with Crippen molar-refractivity contribution in [1.82, 2.24) is 4.98 Å². The molecule has 5 rings (SSSR count). The first-order valence-corrected chi connectivity index (χ1v) is 11.3. The Morgan fingerprint density at radius 3 is 2.69 bits per heavy atom. The third kappa shape index (κ3) is 3.81. The average Bonchev–Trinajstić information content (AvgIpc) is 3.58. The van der Waals surface area contributed by atoms with Crippen LogP contribution in [0.15, 0.2) is 76.6 Å². The summed E-state index contributed by atoms with van der Waals surface area (Å²) in [5.41, 5.74) is 0.638. The standard InChI is InChI=1S/C24H17N3O7S/c1-2-33-15-9-10-16-18(12-15)35-24(25-16)26-20(13-5-7-14(8-6-13)27(31)32)19(22(29)23(26)30)21(28)17-4-3-11-34-17/h3-12,20,29H,2H2,1H3/t20-/m1/s1. The minimum Gasteiger partial charge on any atom is -0.503 e. The Labute approximate surface area is 201 Å². The number of hydrogen-bond donors (Lipinski definition) is 1. The van der Waals surface area contributed by atoms with Crippen molar-refractivity contribution < 1.29 is 28.8 Å². The van der Waals surface area contributed by atoms with Crippen molar-refractivity contribution >= 4 is 44.1 Å². The minimum absolute atomic E-state index is 0.0567. The number of fused-ring (bicyclic) bond motifs is 1. The molecule has 2 aromatic carbocycles. The van der Waals surface area contributed by atoms with E-state index in [4.69, 9.17) is 9.15 Å². The van der Waals surface area contributed by atoms with Gasteiger partial charge in [0.15, 0.2) is 16.7 Å². The van der Waals surface area contributed by atoms with Crippen LogP contribution in [0.25, 0.3) is 10.2 Å². The summed E-state index contributed by atoms with van der Waals surface area (Å²) in [4.78, 5) is 42.9. The Hall–Kier alpha value is -4.51. The lowest BCUT2D eigenvalue weighted by Gasteiger charge is -2.24. The van der Waals surface area contributed by atoms with Crippen LogP contribution in [0.5, 0.6) is 5.75 Å². The summed E-state index contributed by atoms with van der Waals surface area (Å²) in [6.07, 6.45) is 1.31. The first kappa shape index (κ1) is 22.3. The third-order valence-electron chi connectivity index (χ3n) is 5.48. The Morgan fingerprint density at radius 1 is 1.26 bits per heavy atom. The molecule has 0 saturated carbocycles. The van der Waals surface area contributed by atoms with Crippen LogP contribution < -0.4 is 9.64 Å². The summed E-state index contributed by atoms with van der Waals surface area (Å²) in [5, 5.41) is 22.2. The number of hydrogen-bond acceptors (Lipinski definition) is 9. The highest BCUT2D eigenvalue weighted by Gasteiger charge is 2.46. The van der Waals surface area contributed by atoms with Crippen molar-refractivity contribution in [3.8, 4) is 5.75 Å². The molecule has 0 fully saturated rings. The lowest BCUT2D eigenvalue weighted by molar-refractivity contribution is -0.384. The zero-order chi connectivity index (χ0) is 24.7. The fraction of sp³-hybridized carbons (Fsp3) is 0.125. The largest absolute Gasteiger partial charge is 0.503 e. The molecule has 1 aliphatic rings. The Kier molecular flexibility index (Phi) is 5.53. The number of nitro benzene ring substituents is 1. The molecule has 0 radical (unpaired) electrons. The molecule has 11 heteroatoms. The van der Waals surface area contributed by atoms with Gasteiger partial charge in [-0.15, -0.1) is 0 Å². The van der Waals surface area contributed by atoms with E-state index < -0.39 is 28.4 Å². The smallest absolute Gasteiger partial charge is 0.296 e. The topological polar surface area (TPSA) is 136 Å². The van der Waals surface area contributed by atoms with Crippen molar-refractivity contribution in [3.05, 3.63) is 93.6 Å². The summed E-state index contributed by atoms with van der Waals surface area (Å²) < 4.78 is 11.5. The van der Waals surface area contributed by atoms with E-state index in [-0.39, 0.29) is 22.2 Å². The second kappa shape index (κ2) is 8.69. The third-order valence-corrected chi connectivity index (χ3v) is 6.50. The van der Waals surface area contributed by atoms with Crippen molar-refractivity contribution in [2.24, 2.45) is 0 Å². The summed E-state index contributed by atoms with van der Waals surface area (Å²) >= 11 is 1.19. The highest BCUT2D eigenvalue weighted by atomic mass is 32.1. The molecule has 0 aliphatic carbocycles. The number of furan rings is 1. The molecule has 0 bridgehead atoms. The summed E-state index contributed by atoms with van der Waals surface area (Å²) in [6.45, 7) is 2.35. The van der Waals surface area contributed by atoms with Crippen molar-refractivity contribution in [3.63, 3.8) is 0 Å². The predicted molar refractivity (Wildman–Crippen MR) is 127 cm³/mol. The lowest BCUT2D eigenvalue weighted by atomic mass is 9.95. The van der Waals surface area contributed by atoms with Crippen LogP contribution in [0, 0.1) is 10.1 Å². The Morgan fingerprint density at radius 2 is 2.03 bits per heavy atom. The molecule has 2 aromatic heterocycles. The van der Waals surface area contributed by atoms with Gasteiger partial charge in [0.25, 0.3) is 11.6 Å². The molecule has 0 spiro atoms. The quantitative estimate of drug-likeness (QED) is 0.217. The molecule has 1 atom stereocenters. The number of amides is 1. The van der Waals surface area contributed by atoms with Crippen molar-refractivity contribution in [1.29, 1.82) is 0 Å². The second-order valence-electron chi connectivity index (χ2n) is 7.55. The van der Waals surface area contributed by atoms with E-state index in [1.54, 1.807) is 18.2 Å². The van der Waals surface area contributed by atoms with Crippen LogP contribution in [0.2, 0.25) is 0 Å². The summed E-state index contributed by atoms with van der Waals surface area (Å²) in [6, 6.07) is 12.6. The number of non-ortho nitro benzene ring substituents is 1. The number of Topliss-reactive ketones (excluding diaryl/α,β-unsaturated/α-hetero) is 1. The summed E-state index contributed by atoms with van der Waals surface area (Å²) in [7, 11) is 0. The number of aliphatic hydroxyl groups excluding tert-OH is 1. The molecule has 1 N–H and O–H groups in total. The molecule has 10 nitrogen and oxygen atoms in total. The van der Waals surface area contributed by atoms with Gasteiger partial charge in [-0.25, -0.2) is 4.98 Å². The van der Waals surface area contributed by atoms with Crippen LogP contribution in [-0.2, 0) is 4.79 Å². The van der Waals surface area contributed by atoms with Crippen molar-refractivity contribution in [2.75, 3.05) is 11.5 Å². The van der Waals surface area contributed by atoms with Crippen molar-refractivity contribution in [2.45, 2.75) is 13.0 Å². The van der Waals surface area contributed by atoms with Gasteiger partial charge in [-0.2, -0.15) is 0 Å². The molecule has 4 aromatic rings. The van der Waals surface area contributed by atoms with E-state index in [1.807, 2.05) is 6.92 Å². The molecule has 1 amide bonds. The van der Waals surface area contributed by atoms with Gasteiger partial charge in [0.1, 0.15) is 5.75 Å². The predicted octanol–water partition coefficient (Wildman–Crippen LogP) is 4.98. The molecule has 3 heterocycles. The van der Waals surface area contributed by atoms with Gasteiger partial charge in [-0.1, -0.05) is 11.3 Å². The number of aliphatic hydroxyl groups is 1. The molecular weight excluding hydrogens is 474 g/mol. The monoisotopic (exact) mass is 491 g/mol. The molecule has 0 unspecified atom stereocenters. The zero-order valence-corrected chi connectivity index (χ0v) is 19.0. The average molecular weight is 491 g/mol. The number of carbonyl (C=O) groups is 2. The molecule has 0 saturated heterocycles. The number of rotatable bonds is 7. The number of aromatic nitrogens is 1. The van der Waals surface area contributed by atoms with Crippen LogP contribution >= 0.6 is 11.3 Å². The van der Waals surface area contributed by atoms with Gasteiger partial charge in [0.05, 0.1) is 39.6 Å². The SMILES string of the molecule is CCOc1ccc2nc(N3C(=O)C(O)=C(C(=O)c4ccco4)[C@H]3c3ccc([N+](=O)[O-])cc3)sc2c1. The van der Waals surface area contributed by atoms with Gasteiger partial charge < -0.3 is 14.3 Å². The number of thiazole rings is 1. The molecule has 1 aliphatic heterocycles. The number of anilines is 1. The molecular formula is C24H17N3O7S. The molecule has 176 valence electrons. The number of nitro groups is 1. The highest BCUT2D eigenvalue weighted by Crippen LogP contribution is 2.44. The fourth-order valence-corrected chi connectivity index (χ4v) is 4.94. The van der Waals surface area contributed by atoms with E-state index >= 15 is 0 Å². The summed E-state index contributed by atoms with van der Waals surface area (Å²) in [5.74, 6) is -1.63. The van der Waals surface area contributed by atoms with E-state index in [9.17, 15) is 24.8 Å². The van der Waals surface area contributed by atoms with Crippen LogP contribution in [0.1, 0.15) is 29.1 Å². The number of nitrogens with zero attached hydrogens (tertiary/aromatic N) is 3. The fourth-order valence-electron chi connectivity index (χ4n) is 3.92. The number of carbonyl (C=O) groups excluding carboxylic acids is 2. The van der Waals surface area contributed by atoms with Gasteiger partial charge in [-0.05, 0) is 55.0 Å². The normalized spacial score (nSPS) is 15.7. The molecule has 35 heavy (non-hydrogen) atoms. The van der Waals surface area contributed by atoms with Crippen LogP contribution in [0.4, 0.5) is 10.8 Å². The van der Waals surface area contributed by atoms with E-state index in [0.29, 0.717) is 23.4 Å². The Bertz CT molecular complexity index is 1490. The zero-order valence-electron chi connectivity index (χ0n) is 18.2. The number of ketones is 1. The first-order chi connectivity index (χ1) is 16.9.